The number of nitrogens with zero attached hydrogens (tertiary/aromatic N) is 1. The zero-order valence-corrected chi connectivity index (χ0v) is 16.8. The van der Waals surface area contributed by atoms with Crippen LogP contribution in [0.15, 0.2) is 42.5 Å². The molecular weight excluding hydrogens is 372 g/mol. The largest absolute Gasteiger partial charge is 0.497 e. The van der Waals surface area contributed by atoms with Gasteiger partial charge >= 0.3 is 0 Å². The summed E-state index contributed by atoms with van der Waals surface area (Å²) in [6.07, 6.45) is 2.33. The van der Waals surface area contributed by atoms with Gasteiger partial charge in [0.2, 0.25) is 11.8 Å². The quantitative estimate of drug-likeness (QED) is 0.653. The van der Waals surface area contributed by atoms with E-state index in [1.165, 1.54) is 0 Å². The lowest BCUT2D eigenvalue weighted by atomic mass is 10.2. The summed E-state index contributed by atoms with van der Waals surface area (Å²) in [6.45, 7) is 1.13. The molecule has 0 bridgehead atoms. The van der Waals surface area contributed by atoms with Gasteiger partial charge in [-0.1, -0.05) is 0 Å². The van der Waals surface area contributed by atoms with Gasteiger partial charge in [-0.25, -0.2) is 0 Å². The molecule has 1 fully saturated rings. The van der Waals surface area contributed by atoms with Crippen molar-refractivity contribution in [1.29, 1.82) is 0 Å². The lowest BCUT2D eigenvalue weighted by molar-refractivity contribution is -0.117. The molecule has 154 valence electrons. The molecule has 7 nitrogen and oxygen atoms in total. The van der Waals surface area contributed by atoms with Crippen LogP contribution < -0.4 is 24.4 Å². The Bertz CT molecular complexity index is 851. The van der Waals surface area contributed by atoms with Crippen LogP contribution in [0.25, 0.3) is 0 Å². The monoisotopic (exact) mass is 398 g/mol. The van der Waals surface area contributed by atoms with Crippen molar-refractivity contribution in [2.45, 2.75) is 25.7 Å². The first-order valence-corrected chi connectivity index (χ1v) is 9.66. The lowest BCUT2D eigenvalue weighted by Crippen LogP contribution is -2.24. The average Bonchev–Trinajstić information content (AvgIpc) is 3.17. The number of benzene rings is 2. The number of anilines is 2. The fourth-order valence-corrected chi connectivity index (χ4v) is 3.20. The van der Waals surface area contributed by atoms with Crippen molar-refractivity contribution in [3.05, 3.63) is 42.5 Å². The topological polar surface area (TPSA) is 77.1 Å². The van der Waals surface area contributed by atoms with E-state index < -0.39 is 0 Å². The zero-order chi connectivity index (χ0) is 20.6. The van der Waals surface area contributed by atoms with Gasteiger partial charge in [-0.05, 0) is 49.2 Å². The lowest BCUT2D eigenvalue weighted by Gasteiger charge is -2.19. The Hall–Kier alpha value is -3.22. The highest BCUT2D eigenvalue weighted by atomic mass is 16.5. The van der Waals surface area contributed by atoms with Crippen molar-refractivity contribution < 1.29 is 23.8 Å². The van der Waals surface area contributed by atoms with Gasteiger partial charge in [0.1, 0.15) is 17.2 Å². The van der Waals surface area contributed by atoms with Gasteiger partial charge < -0.3 is 24.4 Å². The number of ether oxygens (including phenoxy) is 3. The van der Waals surface area contributed by atoms with Crippen LogP contribution in [0.2, 0.25) is 0 Å². The molecule has 0 aliphatic carbocycles. The summed E-state index contributed by atoms with van der Waals surface area (Å²) in [7, 11) is 3.17. The van der Waals surface area contributed by atoms with Crippen LogP contribution in [0, 0.1) is 0 Å². The highest BCUT2D eigenvalue weighted by Gasteiger charge is 2.24. The van der Waals surface area contributed by atoms with Gasteiger partial charge in [-0.15, -0.1) is 0 Å². The Morgan fingerprint density at radius 2 is 1.83 bits per heavy atom. The van der Waals surface area contributed by atoms with E-state index in [2.05, 4.69) is 5.32 Å². The highest BCUT2D eigenvalue weighted by Crippen LogP contribution is 2.33. The van der Waals surface area contributed by atoms with E-state index in [-0.39, 0.29) is 11.8 Å². The molecule has 1 N–H and O–H groups in total. The van der Waals surface area contributed by atoms with Crippen molar-refractivity contribution in [3.63, 3.8) is 0 Å². The maximum atomic E-state index is 12.2. The molecule has 0 aromatic heterocycles. The van der Waals surface area contributed by atoms with Gasteiger partial charge in [-0.3, -0.25) is 9.59 Å². The molecule has 2 aromatic rings. The van der Waals surface area contributed by atoms with Crippen LogP contribution in [0.1, 0.15) is 25.7 Å². The molecular formula is C22H26N2O5. The first-order valence-electron chi connectivity index (χ1n) is 9.66. The summed E-state index contributed by atoms with van der Waals surface area (Å²) in [5.41, 5.74) is 1.37. The van der Waals surface area contributed by atoms with E-state index in [9.17, 15) is 9.59 Å². The summed E-state index contributed by atoms with van der Waals surface area (Å²) in [5, 5.41) is 2.86. The second-order valence-electron chi connectivity index (χ2n) is 6.71. The second-order valence-corrected chi connectivity index (χ2v) is 6.71. The average molecular weight is 398 g/mol. The van der Waals surface area contributed by atoms with Crippen LogP contribution in [-0.4, -0.2) is 39.2 Å². The standard InChI is InChI=1S/C22H26N2O5/c1-27-17-8-10-18(11-9-17)29-14-4-5-21(25)23-16-7-12-19(20(15-16)28-2)24-13-3-6-22(24)26/h7-12,15H,3-6,13-14H2,1-2H3,(H,23,25). The Labute approximate surface area is 170 Å². The second kappa shape index (κ2) is 9.82. The van der Waals surface area contributed by atoms with Crippen LogP contribution in [0.4, 0.5) is 11.4 Å². The number of methoxy groups -OCH3 is 2. The van der Waals surface area contributed by atoms with E-state index in [1.807, 2.05) is 30.3 Å². The molecule has 1 heterocycles. The van der Waals surface area contributed by atoms with Gasteiger partial charge in [0.15, 0.2) is 0 Å². The smallest absolute Gasteiger partial charge is 0.227 e. The van der Waals surface area contributed by atoms with Crippen molar-refractivity contribution in [1.82, 2.24) is 0 Å². The first-order chi connectivity index (χ1) is 14.1. The molecule has 3 rings (SSSR count). The SMILES string of the molecule is COc1ccc(OCCCC(=O)Nc2ccc(N3CCCC3=O)c(OC)c2)cc1. The molecule has 1 saturated heterocycles. The van der Waals surface area contributed by atoms with Gasteiger partial charge in [0, 0.05) is 31.1 Å². The van der Waals surface area contributed by atoms with Crippen LogP contribution in [-0.2, 0) is 9.59 Å². The van der Waals surface area contributed by atoms with E-state index in [0.717, 1.165) is 23.6 Å². The van der Waals surface area contributed by atoms with E-state index >= 15 is 0 Å². The maximum absolute atomic E-state index is 12.2. The molecule has 7 heteroatoms. The Balaban J connectivity index is 1.47. The number of hydrogen-bond donors (Lipinski definition) is 1. The van der Waals surface area contributed by atoms with Crippen LogP contribution in [0.3, 0.4) is 0 Å². The molecule has 0 saturated carbocycles. The molecule has 29 heavy (non-hydrogen) atoms. The molecule has 0 spiro atoms. The van der Waals surface area contributed by atoms with Crippen LogP contribution in [0.5, 0.6) is 17.2 Å². The fraction of sp³-hybridized carbons (Fsp3) is 0.364. The summed E-state index contributed by atoms with van der Waals surface area (Å²) >= 11 is 0. The number of hydrogen-bond acceptors (Lipinski definition) is 5. The molecule has 1 aliphatic rings. The minimum atomic E-state index is -0.101. The fourth-order valence-electron chi connectivity index (χ4n) is 3.20. The Morgan fingerprint density at radius 1 is 1.07 bits per heavy atom. The molecule has 2 aromatic carbocycles. The van der Waals surface area contributed by atoms with Gasteiger partial charge in [0.05, 0.1) is 26.5 Å². The summed E-state index contributed by atoms with van der Waals surface area (Å²) in [6, 6.07) is 12.7. The van der Waals surface area contributed by atoms with Crippen molar-refractivity contribution in [3.8, 4) is 17.2 Å². The summed E-state index contributed by atoms with van der Waals surface area (Å²) in [5.74, 6) is 2.07. The molecule has 2 amide bonds. The minimum absolute atomic E-state index is 0.0944. The zero-order valence-electron chi connectivity index (χ0n) is 16.8. The third-order valence-electron chi connectivity index (χ3n) is 4.70. The van der Waals surface area contributed by atoms with Gasteiger partial charge in [0.25, 0.3) is 0 Å². The van der Waals surface area contributed by atoms with Crippen molar-refractivity contribution >= 4 is 23.2 Å². The minimum Gasteiger partial charge on any atom is -0.497 e. The number of carbonyl (C=O) groups is 2. The van der Waals surface area contributed by atoms with Gasteiger partial charge in [-0.2, -0.15) is 0 Å². The van der Waals surface area contributed by atoms with Crippen molar-refractivity contribution in [2.24, 2.45) is 0 Å². The molecule has 0 radical (unpaired) electrons. The molecule has 0 atom stereocenters. The summed E-state index contributed by atoms with van der Waals surface area (Å²) < 4.78 is 16.2. The maximum Gasteiger partial charge on any atom is 0.227 e. The van der Waals surface area contributed by atoms with Crippen LogP contribution >= 0.6 is 0 Å². The predicted octanol–water partition coefficient (Wildman–Crippen LogP) is 3.63. The van der Waals surface area contributed by atoms with Crippen molar-refractivity contribution in [2.75, 3.05) is 37.6 Å². The number of rotatable bonds is 9. The number of amides is 2. The van der Waals surface area contributed by atoms with E-state index in [1.54, 1.807) is 31.3 Å². The normalized spacial score (nSPS) is 13.3. The molecule has 0 unspecified atom stereocenters. The third-order valence-corrected chi connectivity index (χ3v) is 4.70. The predicted molar refractivity (Wildman–Crippen MR) is 111 cm³/mol. The van der Waals surface area contributed by atoms with E-state index in [4.69, 9.17) is 14.2 Å². The first kappa shape index (κ1) is 20.5. The van der Waals surface area contributed by atoms with E-state index in [0.29, 0.717) is 43.9 Å². The number of nitrogens with one attached hydrogen (secondary N) is 1. The third kappa shape index (κ3) is 5.40. The Morgan fingerprint density at radius 3 is 2.48 bits per heavy atom. The number of carbonyl (C=O) groups excluding carboxylic acids is 2. The molecule has 1 aliphatic heterocycles. The highest BCUT2D eigenvalue weighted by molar-refractivity contribution is 5.97. The Kier molecular flexibility index (Phi) is 6.94. The summed E-state index contributed by atoms with van der Waals surface area (Å²) in [4.78, 5) is 25.9.